The number of nitrogens with one attached hydrogen (secondary N) is 2. The number of carbonyl (C=O) groups is 2. The monoisotopic (exact) mass is 323 g/mol. The van der Waals surface area contributed by atoms with Crippen molar-refractivity contribution in [3.63, 3.8) is 0 Å². The van der Waals surface area contributed by atoms with E-state index in [-0.39, 0.29) is 5.56 Å². The summed E-state index contributed by atoms with van der Waals surface area (Å²) >= 11 is 0. The molecule has 1 aromatic rings. The largest absolute Gasteiger partial charge is 0.321 e. The highest BCUT2D eigenvalue weighted by Gasteiger charge is 2.22. The van der Waals surface area contributed by atoms with Gasteiger partial charge in [0.1, 0.15) is 0 Å². The van der Waals surface area contributed by atoms with Crippen molar-refractivity contribution in [2.75, 3.05) is 10.6 Å². The van der Waals surface area contributed by atoms with Crippen molar-refractivity contribution in [2.45, 2.75) is 19.8 Å². The number of alkyl halides is 4. The maximum absolute atomic E-state index is 12.2. The van der Waals surface area contributed by atoms with Crippen LogP contribution in [0.4, 0.5) is 34.6 Å². The third-order valence-electron chi connectivity index (χ3n) is 2.52. The van der Waals surface area contributed by atoms with Gasteiger partial charge in [0.2, 0.25) is 0 Å². The number of anilines is 2. The van der Waals surface area contributed by atoms with Crippen molar-refractivity contribution >= 4 is 28.9 Å². The molecule has 1 rings (SSSR count). The van der Waals surface area contributed by atoms with Crippen LogP contribution >= 0.6 is 0 Å². The smallest absolute Gasteiger partial charge is 0.315 e. The molecule has 0 radical (unpaired) electrons. The fraction of sp³-hybridized carbons (Fsp3) is 0.273. The average Bonchev–Trinajstić information content (AvgIpc) is 2.42. The van der Waals surface area contributed by atoms with Crippen LogP contribution in [-0.4, -0.2) is 29.6 Å². The fourth-order valence-corrected chi connectivity index (χ4v) is 1.44. The number of nitrogens with zero attached hydrogens (tertiary/aromatic N) is 1. The van der Waals surface area contributed by atoms with E-state index < -0.39 is 46.7 Å². The van der Waals surface area contributed by atoms with Crippen molar-refractivity contribution in [1.82, 2.24) is 0 Å². The van der Waals surface area contributed by atoms with Crippen molar-refractivity contribution in [3.8, 4) is 0 Å². The van der Waals surface area contributed by atoms with Gasteiger partial charge in [-0.15, -0.1) is 0 Å². The first kappa shape index (κ1) is 17.3. The molecule has 0 saturated heterocycles. The number of benzene rings is 1. The lowest BCUT2D eigenvalue weighted by molar-refractivity contribution is -0.384. The van der Waals surface area contributed by atoms with Crippen LogP contribution in [0.15, 0.2) is 12.1 Å². The second-order valence-electron chi connectivity index (χ2n) is 4.00. The summed E-state index contributed by atoms with van der Waals surface area (Å²) in [6.07, 6.45) is -6.75. The van der Waals surface area contributed by atoms with E-state index in [0.29, 0.717) is 0 Å². The molecule has 0 aliphatic heterocycles. The third kappa shape index (κ3) is 4.14. The van der Waals surface area contributed by atoms with Gasteiger partial charge in [-0.2, -0.15) is 17.6 Å². The van der Waals surface area contributed by atoms with Crippen LogP contribution in [0.25, 0.3) is 0 Å². The van der Waals surface area contributed by atoms with Crippen molar-refractivity contribution in [2.24, 2.45) is 0 Å². The number of nitro benzene ring substituents is 1. The summed E-state index contributed by atoms with van der Waals surface area (Å²) in [7, 11) is 0. The molecule has 120 valence electrons. The minimum atomic E-state index is -3.38. The number of halogens is 4. The van der Waals surface area contributed by atoms with Gasteiger partial charge in [-0.3, -0.25) is 19.7 Å². The topological polar surface area (TPSA) is 101 Å². The first-order valence-corrected chi connectivity index (χ1v) is 5.60. The van der Waals surface area contributed by atoms with Gasteiger partial charge in [-0.05, 0) is 12.5 Å². The van der Waals surface area contributed by atoms with Crippen LogP contribution in [-0.2, 0) is 9.59 Å². The maximum atomic E-state index is 12.2. The van der Waals surface area contributed by atoms with Crippen LogP contribution in [0.5, 0.6) is 0 Å². The molecule has 7 nitrogen and oxygen atoms in total. The number of non-ortho nitro benzene ring substituents is 1. The lowest BCUT2D eigenvalue weighted by Crippen LogP contribution is -2.23. The highest BCUT2D eigenvalue weighted by atomic mass is 19.3. The molecule has 2 amide bonds. The van der Waals surface area contributed by atoms with Gasteiger partial charge in [0, 0.05) is 12.1 Å². The molecule has 0 atom stereocenters. The zero-order valence-corrected chi connectivity index (χ0v) is 10.9. The van der Waals surface area contributed by atoms with E-state index in [0.717, 1.165) is 12.1 Å². The highest BCUT2D eigenvalue weighted by molar-refractivity contribution is 5.98. The Morgan fingerprint density at radius 1 is 1.05 bits per heavy atom. The summed E-state index contributed by atoms with van der Waals surface area (Å²) in [6.45, 7) is 1.20. The minimum Gasteiger partial charge on any atom is -0.321 e. The Labute approximate surface area is 120 Å². The standard InChI is InChI=1S/C11H9F4N3O4/c1-4-6(16-10(19)8(12)13)2-5(18(21)22)3-7(4)17-11(20)9(14)15/h2-3,8-9H,1H3,(H,16,19)(H,17,20). The number of carbonyl (C=O) groups excluding carboxylic acids is 2. The lowest BCUT2D eigenvalue weighted by atomic mass is 10.1. The Morgan fingerprint density at radius 2 is 1.41 bits per heavy atom. The van der Waals surface area contributed by atoms with Crippen LogP contribution in [0.1, 0.15) is 5.56 Å². The molecule has 0 fully saturated rings. The van der Waals surface area contributed by atoms with Crippen LogP contribution in [0, 0.1) is 17.0 Å². The third-order valence-corrected chi connectivity index (χ3v) is 2.52. The van der Waals surface area contributed by atoms with Gasteiger partial charge in [0.05, 0.1) is 16.3 Å². The number of hydrogen-bond acceptors (Lipinski definition) is 4. The molecule has 0 bridgehead atoms. The maximum Gasteiger partial charge on any atom is 0.315 e. The molecule has 0 aliphatic carbocycles. The van der Waals surface area contributed by atoms with Gasteiger partial charge < -0.3 is 10.6 Å². The molecule has 2 N–H and O–H groups in total. The lowest BCUT2D eigenvalue weighted by Gasteiger charge is -2.13. The summed E-state index contributed by atoms with van der Waals surface area (Å²) in [6, 6.07) is 1.54. The normalized spacial score (nSPS) is 10.7. The van der Waals surface area contributed by atoms with Gasteiger partial charge in [0.25, 0.3) is 17.5 Å². The Balaban J connectivity index is 3.26. The Morgan fingerprint density at radius 3 is 1.68 bits per heavy atom. The van der Waals surface area contributed by atoms with Crippen molar-refractivity contribution < 1.29 is 32.1 Å². The molecule has 11 heteroatoms. The zero-order chi connectivity index (χ0) is 17.0. The van der Waals surface area contributed by atoms with Gasteiger partial charge in [0.15, 0.2) is 0 Å². The predicted molar refractivity (Wildman–Crippen MR) is 67.1 cm³/mol. The van der Waals surface area contributed by atoms with E-state index in [1.54, 1.807) is 10.6 Å². The first-order chi connectivity index (χ1) is 10.1. The summed E-state index contributed by atoms with van der Waals surface area (Å²) in [5, 5.41) is 14.2. The van der Waals surface area contributed by atoms with Gasteiger partial charge in [-0.25, -0.2) is 0 Å². The summed E-state index contributed by atoms with van der Waals surface area (Å²) in [5.41, 5.74) is -1.57. The number of nitro groups is 1. The fourth-order valence-electron chi connectivity index (χ4n) is 1.44. The van der Waals surface area contributed by atoms with Gasteiger partial charge >= 0.3 is 12.9 Å². The van der Waals surface area contributed by atoms with E-state index in [1.165, 1.54) is 6.92 Å². The molecule has 22 heavy (non-hydrogen) atoms. The molecule has 0 aliphatic rings. The van der Waals surface area contributed by atoms with E-state index in [4.69, 9.17) is 0 Å². The zero-order valence-electron chi connectivity index (χ0n) is 10.9. The molecular formula is C11H9F4N3O4. The van der Waals surface area contributed by atoms with E-state index in [1.807, 2.05) is 0 Å². The molecule has 0 spiro atoms. The molecule has 0 saturated carbocycles. The first-order valence-electron chi connectivity index (χ1n) is 5.60. The number of rotatable bonds is 5. The van der Waals surface area contributed by atoms with Crippen LogP contribution in [0.3, 0.4) is 0 Å². The Kier molecular flexibility index (Phi) is 5.38. The van der Waals surface area contributed by atoms with E-state index in [9.17, 15) is 37.3 Å². The number of hydrogen-bond donors (Lipinski definition) is 2. The summed E-state index contributed by atoms with van der Waals surface area (Å²) in [5.74, 6) is -3.45. The molecular weight excluding hydrogens is 314 g/mol. The molecule has 0 heterocycles. The Bertz CT molecular complexity index is 578. The predicted octanol–water partition coefficient (Wildman–Crippen LogP) is 2.31. The molecule has 1 aromatic carbocycles. The Hall–Kier alpha value is -2.72. The van der Waals surface area contributed by atoms with E-state index >= 15 is 0 Å². The minimum absolute atomic E-state index is 0.0893. The molecule has 0 aromatic heterocycles. The summed E-state index contributed by atoms with van der Waals surface area (Å²) in [4.78, 5) is 31.7. The highest BCUT2D eigenvalue weighted by Crippen LogP contribution is 2.30. The molecule has 0 unspecified atom stereocenters. The van der Waals surface area contributed by atoms with Crippen molar-refractivity contribution in [1.29, 1.82) is 0 Å². The average molecular weight is 323 g/mol. The van der Waals surface area contributed by atoms with Gasteiger partial charge in [-0.1, -0.05) is 0 Å². The van der Waals surface area contributed by atoms with Crippen molar-refractivity contribution in [3.05, 3.63) is 27.8 Å². The quantitative estimate of drug-likeness (QED) is 0.493. The number of amides is 2. The SMILES string of the molecule is Cc1c(NC(=O)C(F)F)cc([N+](=O)[O-])cc1NC(=O)C(F)F. The second-order valence-corrected chi connectivity index (χ2v) is 4.00. The van der Waals surface area contributed by atoms with E-state index in [2.05, 4.69) is 0 Å². The second kappa shape index (κ2) is 6.83. The summed E-state index contributed by atoms with van der Waals surface area (Å²) < 4.78 is 48.8. The van der Waals surface area contributed by atoms with Crippen LogP contribution in [0.2, 0.25) is 0 Å². The van der Waals surface area contributed by atoms with Crippen LogP contribution < -0.4 is 10.6 Å².